The molecule has 1 amide bonds. The highest BCUT2D eigenvalue weighted by Gasteiger charge is 2.06. The molecule has 0 fully saturated rings. The van der Waals surface area contributed by atoms with E-state index < -0.39 is 6.09 Å². The Labute approximate surface area is 77.4 Å². The Bertz CT molecular complexity index is 299. The van der Waals surface area contributed by atoms with Crippen molar-refractivity contribution in [2.45, 2.75) is 6.92 Å². The molecule has 4 nitrogen and oxygen atoms in total. The van der Waals surface area contributed by atoms with Crippen LogP contribution in [0.2, 0.25) is 0 Å². The SMILES string of the molecule is Cc1cccc(N(C)C(=O)O)c1.N. The number of nitrogens with zero attached hydrogens (tertiary/aromatic N) is 1. The Kier molecular flexibility index (Phi) is 3.94. The molecule has 4 heteroatoms. The van der Waals surface area contributed by atoms with Crippen molar-refractivity contribution in [1.82, 2.24) is 6.15 Å². The van der Waals surface area contributed by atoms with Crippen molar-refractivity contribution in [2.24, 2.45) is 0 Å². The summed E-state index contributed by atoms with van der Waals surface area (Å²) >= 11 is 0. The van der Waals surface area contributed by atoms with E-state index in [1.807, 2.05) is 25.1 Å². The molecule has 0 bridgehead atoms. The van der Waals surface area contributed by atoms with Gasteiger partial charge < -0.3 is 11.3 Å². The number of anilines is 1. The van der Waals surface area contributed by atoms with Gasteiger partial charge in [-0.2, -0.15) is 0 Å². The first-order chi connectivity index (χ1) is 5.61. The fraction of sp³-hybridized carbons (Fsp3) is 0.222. The first-order valence-corrected chi connectivity index (χ1v) is 3.64. The van der Waals surface area contributed by atoms with Crippen molar-refractivity contribution in [3.8, 4) is 0 Å². The van der Waals surface area contributed by atoms with Crippen molar-refractivity contribution < 1.29 is 9.90 Å². The van der Waals surface area contributed by atoms with Gasteiger partial charge in [-0.05, 0) is 24.6 Å². The molecule has 0 saturated carbocycles. The highest BCUT2D eigenvalue weighted by atomic mass is 16.4. The van der Waals surface area contributed by atoms with Crippen LogP contribution in [0.4, 0.5) is 10.5 Å². The Morgan fingerprint density at radius 2 is 2.08 bits per heavy atom. The summed E-state index contributed by atoms with van der Waals surface area (Å²) in [6.45, 7) is 1.93. The Balaban J connectivity index is 0.00000144. The number of hydrogen-bond donors (Lipinski definition) is 2. The lowest BCUT2D eigenvalue weighted by molar-refractivity contribution is 0.203. The van der Waals surface area contributed by atoms with Gasteiger partial charge in [0.05, 0.1) is 0 Å². The zero-order valence-corrected chi connectivity index (χ0v) is 7.82. The van der Waals surface area contributed by atoms with Crippen molar-refractivity contribution in [2.75, 3.05) is 11.9 Å². The lowest BCUT2D eigenvalue weighted by Crippen LogP contribution is -2.23. The van der Waals surface area contributed by atoms with Gasteiger partial charge >= 0.3 is 6.09 Å². The highest BCUT2D eigenvalue weighted by molar-refractivity contribution is 5.85. The third-order valence-electron chi connectivity index (χ3n) is 1.68. The number of rotatable bonds is 1. The average molecular weight is 182 g/mol. The summed E-state index contributed by atoms with van der Waals surface area (Å²) < 4.78 is 0. The molecule has 4 N–H and O–H groups in total. The van der Waals surface area contributed by atoms with Crippen LogP contribution in [0.15, 0.2) is 24.3 Å². The molecule has 72 valence electrons. The third-order valence-corrected chi connectivity index (χ3v) is 1.68. The third kappa shape index (κ3) is 2.76. The fourth-order valence-corrected chi connectivity index (χ4v) is 0.947. The summed E-state index contributed by atoms with van der Waals surface area (Å²) in [5.74, 6) is 0. The highest BCUT2D eigenvalue weighted by Crippen LogP contribution is 2.13. The predicted molar refractivity (Wildman–Crippen MR) is 52.6 cm³/mol. The molecular formula is C9H14N2O2. The Morgan fingerprint density at radius 1 is 1.46 bits per heavy atom. The maximum Gasteiger partial charge on any atom is 0.411 e. The molecule has 1 aromatic carbocycles. The van der Waals surface area contributed by atoms with Gasteiger partial charge in [0.15, 0.2) is 0 Å². The molecule has 13 heavy (non-hydrogen) atoms. The molecule has 0 unspecified atom stereocenters. The number of aryl methyl sites for hydroxylation is 1. The monoisotopic (exact) mass is 182 g/mol. The standard InChI is InChI=1S/C9H11NO2.H3N/c1-7-4-3-5-8(6-7)10(2)9(11)12;/h3-6H,1-2H3,(H,11,12);1H3. The van der Waals surface area contributed by atoms with E-state index >= 15 is 0 Å². The van der Waals surface area contributed by atoms with Crippen LogP contribution in [0.3, 0.4) is 0 Å². The summed E-state index contributed by atoms with van der Waals surface area (Å²) in [5.41, 5.74) is 1.75. The molecule has 0 radical (unpaired) electrons. The van der Waals surface area contributed by atoms with Crippen LogP contribution in [-0.4, -0.2) is 18.2 Å². The van der Waals surface area contributed by atoms with E-state index in [9.17, 15) is 4.79 Å². The minimum absolute atomic E-state index is 0. The van der Waals surface area contributed by atoms with Gasteiger partial charge in [0, 0.05) is 12.7 Å². The van der Waals surface area contributed by atoms with Crippen LogP contribution in [0.5, 0.6) is 0 Å². The average Bonchev–Trinajstić information content (AvgIpc) is 2.03. The van der Waals surface area contributed by atoms with E-state index in [0.717, 1.165) is 5.56 Å². The molecule has 1 rings (SSSR count). The zero-order valence-electron chi connectivity index (χ0n) is 7.82. The molecule has 0 atom stereocenters. The number of benzene rings is 1. The summed E-state index contributed by atoms with van der Waals surface area (Å²) in [4.78, 5) is 11.7. The van der Waals surface area contributed by atoms with Crippen LogP contribution in [0.25, 0.3) is 0 Å². The molecule has 0 heterocycles. The second-order valence-corrected chi connectivity index (χ2v) is 2.68. The topological polar surface area (TPSA) is 75.5 Å². The van der Waals surface area contributed by atoms with Gasteiger partial charge in [0.1, 0.15) is 0 Å². The lowest BCUT2D eigenvalue weighted by atomic mass is 10.2. The van der Waals surface area contributed by atoms with E-state index in [-0.39, 0.29) is 6.15 Å². The number of carbonyl (C=O) groups is 1. The Morgan fingerprint density at radius 3 is 2.54 bits per heavy atom. The largest absolute Gasteiger partial charge is 0.465 e. The summed E-state index contributed by atoms with van der Waals surface area (Å²) in [5, 5.41) is 8.65. The molecule has 0 aliphatic carbocycles. The van der Waals surface area contributed by atoms with E-state index in [1.54, 1.807) is 6.07 Å². The second kappa shape index (κ2) is 4.47. The molecule has 0 aromatic heterocycles. The predicted octanol–water partition coefficient (Wildman–Crippen LogP) is 2.27. The molecule has 1 aromatic rings. The molecule has 0 spiro atoms. The summed E-state index contributed by atoms with van der Waals surface area (Å²) in [6, 6.07) is 7.36. The van der Waals surface area contributed by atoms with Crippen LogP contribution in [0.1, 0.15) is 5.56 Å². The molecule has 0 aliphatic rings. The number of carboxylic acid groups (broad SMARTS) is 1. The maximum atomic E-state index is 10.5. The van der Waals surface area contributed by atoms with Crippen LogP contribution < -0.4 is 11.1 Å². The van der Waals surface area contributed by atoms with Crippen LogP contribution in [-0.2, 0) is 0 Å². The van der Waals surface area contributed by atoms with E-state index in [4.69, 9.17) is 5.11 Å². The zero-order chi connectivity index (χ0) is 9.14. The second-order valence-electron chi connectivity index (χ2n) is 2.68. The molecule has 0 aliphatic heterocycles. The first-order valence-electron chi connectivity index (χ1n) is 3.64. The Hall–Kier alpha value is -1.55. The van der Waals surface area contributed by atoms with Gasteiger partial charge in [-0.3, -0.25) is 4.90 Å². The summed E-state index contributed by atoms with van der Waals surface area (Å²) in [6.07, 6.45) is -0.944. The van der Waals surface area contributed by atoms with Gasteiger partial charge in [0.25, 0.3) is 0 Å². The van der Waals surface area contributed by atoms with Crippen molar-refractivity contribution in [3.05, 3.63) is 29.8 Å². The van der Waals surface area contributed by atoms with E-state index in [0.29, 0.717) is 5.69 Å². The minimum atomic E-state index is -0.944. The smallest absolute Gasteiger partial charge is 0.411 e. The maximum absolute atomic E-state index is 10.5. The van der Waals surface area contributed by atoms with Crippen molar-refractivity contribution in [3.63, 3.8) is 0 Å². The van der Waals surface area contributed by atoms with Crippen LogP contribution >= 0.6 is 0 Å². The number of hydrogen-bond acceptors (Lipinski definition) is 2. The van der Waals surface area contributed by atoms with E-state index in [2.05, 4.69) is 0 Å². The first kappa shape index (κ1) is 11.4. The van der Waals surface area contributed by atoms with Crippen molar-refractivity contribution >= 4 is 11.8 Å². The molecular weight excluding hydrogens is 168 g/mol. The minimum Gasteiger partial charge on any atom is -0.465 e. The number of amides is 1. The van der Waals surface area contributed by atoms with Gasteiger partial charge in [-0.15, -0.1) is 0 Å². The lowest BCUT2D eigenvalue weighted by Gasteiger charge is -2.12. The summed E-state index contributed by atoms with van der Waals surface area (Å²) in [7, 11) is 1.52. The molecule has 0 saturated heterocycles. The van der Waals surface area contributed by atoms with Gasteiger partial charge in [0.2, 0.25) is 0 Å². The quantitative estimate of drug-likeness (QED) is 0.699. The van der Waals surface area contributed by atoms with Gasteiger partial charge in [-0.1, -0.05) is 12.1 Å². The van der Waals surface area contributed by atoms with Crippen molar-refractivity contribution in [1.29, 1.82) is 0 Å². The van der Waals surface area contributed by atoms with Crippen LogP contribution in [0, 0.1) is 6.92 Å². The van der Waals surface area contributed by atoms with E-state index in [1.165, 1.54) is 11.9 Å². The fourth-order valence-electron chi connectivity index (χ4n) is 0.947. The van der Waals surface area contributed by atoms with Gasteiger partial charge in [-0.25, -0.2) is 4.79 Å². The normalized spacial score (nSPS) is 8.77.